The number of oxazole rings is 1. The van der Waals surface area contributed by atoms with Crippen molar-refractivity contribution in [2.24, 2.45) is 0 Å². The van der Waals surface area contributed by atoms with E-state index in [1.165, 1.54) is 6.20 Å². The molecule has 0 unspecified atom stereocenters. The molecule has 108 valence electrons. The fraction of sp³-hybridized carbons (Fsp3) is 0. The molecule has 3 N–H and O–H groups in total. The van der Waals surface area contributed by atoms with Gasteiger partial charge >= 0.3 is 6.09 Å². The van der Waals surface area contributed by atoms with Crippen molar-refractivity contribution in [2.75, 3.05) is 5.73 Å². The molecule has 7 nitrogen and oxygen atoms in total. The molecule has 4 aromatic rings. The lowest BCUT2D eigenvalue weighted by atomic mass is 10.1. The number of anilines is 1. The van der Waals surface area contributed by atoms with Crippen LogP contribution in [-0.4, -0.2) is 25.7 Å². The summed E-state index contributed by atoms with van der Waals surface area (Å²) < 4.78 is 6.33. The zero-order valence-corrected chi connectivity index (χ0v) is 11.2. The van der Waals surface area contributed by atoms with Crippen molar-refractivity contribution >= 4 is 34.2 Å². The van der Waals surface area contributed by atoms with Crippen molar-refractivity contribution in [2.45, 2.75) is 0 Å². The van der Waals surface area contributed by atoms with Crippen LogP contribution in [0.3, 0.4) is 0 Å². The number of hydrogen-bond donors (Lipinski definition) is 2. The first-order chi connectivity index (χ1) is 10.6. The van der Waals surface area contributed by atoms with Crippen molar-refractivity contribution in [3.63, 3.8) is 0 Å². The second kappa shape index (κ2) is 4.32. The van der Waals surface area contributed by atoms with Gasteiger partial charge in [0.2, 0.25) is 0 Å². The number of aromatic nitrogens is 3. The van der Waals surface area contributed by atoms with E-state index in [4.69, 9.17) is 15.3 Å². The molecule has 1 aromatic carbocycles. The molecule has 3 aromatic heterocycles. The zero-order valence-electron chi connectivity index (χ0n) is 11.2. The zero-order chi connectivity index (χ0) is 15.3. The SMILES string of the molecule is Nc1nc2cc(-c3cnc4c(ccn4C(=O)O)c3)ccc2o1. The first-order valence-electron chi connectivity index (χ1n) is 6.49. The summed E-state index contributed by atoms with van der Waals surface area (Å²) >= 11 is 0. The molecule has 0 aliphatic heterocycles. The monoisotopic (exact) mass is 294 g/mol. The third-order valence-corrected chi connectivity index (χ3v) is 3.47. The van der Waals surface area contributed by atoms with Crippen LogP contribution in [0.4, 0.5) is 10.8 Å². The Kier molecular flexibility index (Phi) is 2.43. The lowest BCUT2D eigenvalue weighted by Gasteiger charge is -2.02. The molecule has 0 bridgehead atoms. The summed E-state index contributed by atoms with van der Waals surface area (Å²) in [7, 11) is 0. The second-order valence-corrected chi connectivity index (χ2v) is 4.84. The highest BCUT2D eigenvalue weighted by molar-refractivity contribution is 5.89. The topological polar surface area (TPSA) is 107 Å². The van der Waals surface area contributed by atoms with E-state index in [0.29, 0.717) is 16.7 Å². The number of benzene rings is 1. The van der Waals surface area contributed by atoms with Crippen LogP contribution in [0, 0.1) is 0 Å². The Balaban J connectivity index is 1.86. The van der Waals surface area contributed by atoms with Crippen LogP contribution < -0.4 is 5.73 Å². The number of nitrogens with zero attached hydrogens (tertiary/aromatic N) is 3. The van der Waals surface area contributed by atoms with E-state index in [1.54, 1.807) is 18.3 Å². The standard InChI is InChI=1S/C15H10N4O3/c16-14-18-11-6-8(1-2-12(11)22-14)10-5-9-3-4-19(15(20)21)13(9)17-7-10/h1-7H,(H2,16,18)(H,20,21). The lowest BCUT2D eigenvalue weighted by molar-refractivity contribution is 0.197. The van der Waals surface area contributed by atoms with Crippen LogP contribution in [0.2, 0.25) is 0 Å². The number of rotatable bonds is 1. The molecule has 0 atom stereocenters. The number of nitrogen functional groups attached to an aromatic ring is 1. The van der Waals surface area contributed by atoms with Gasteiger partial charge in [-0.3, -0.25) is 0 Å². The minimum atomic E-state index is -1.06. The Bertz CT molecular complexity index is 1030. The van der Waals surface area contributed by atoms with Gasteiger partial charge in [-0.2, -0.15) is 4.98 Å². The maximum absolute atomic E-state index is 11.1. The average molecular weight is 294 g/mol. The van der Waals surface area contributed by atoms with Crippen molar-refractivity contribution < 1.29 is 14.3 Å². The van der Waals surface area contributed by atoms with Gasteiger partial charge in [0.25, 0.3) is 6.01 Å². The van der Waals surface area contributed by atoms with Crippen LogP contribution in [-0.2, 0) is 0 Å². The third kappa shape index (κ3) is 1.80. The fourth-order valence-corrected chi connectivity index (χ4v) is 2.46. The van der Waals surface area contributed by atoms with Gasteiger partial charge in [0.05, 0.1) is 0 Å². The highest BCUT2D eigenvalue weighted by Crippen LogP contribution is 2.27. The largest absolute Gasteiger partial charge is 0.464 e. The first-order valence-corrected chi connectivity index (χ1v) is 6.49. The number of fused-ring (bicyclic) bond motifs is 2. The van der Waals surface area contributed by atoms with E-state index < -0.39 is 6.09 Å². The van der Waals surface area contributed by atoms with Crippen LogP contribution in [0.15, 0.2) is 47.1 Å². The molecule has 0 aliphatic carbocycles. The Morgan fingerprint density at radius 2 is 2.09 bits per heavy atom. The summed E-state index contributed by atoms with van der Waals surface area (Å²) in [4.78, 5) is 19.4. The molecule has 0 amide bonds. The summed E-state index contributed by atoms with van der Waals surface area (Å²) in [5.41, 5.74) is 8.99. The van der Waals surface area contributed by atoms with E-state index in [1.807, 2.05) is 18.2 Å². The van der Waals surface area contributed by atoms with E-state index in [9.17, 15) is 4.79 Å². The number of pyridine rings is 1. The van der Waals surface area contributed by atoms with E-state index in [0.717, 1.165) is 21.1 Å². The summed E-state index contributed by atoms with van der Waals surface area (Å²) in [6.07, 6.45) is 2.05. The van der Waals surface area contributed by atoms with Gasteiger partial charge in [-0.05, 0) is 29.8 Å². The third-order valence-electron chi connectivity index (χ3n) is 3.47. The van der Waals surface area contributed by atoms with Crippen LogP contribution in [0.1, 0.15) is 0 Å². The number of carbonyl (C=O) groups is 1. The molecule has 4 rings (SSSR count). The lowest BCUT2D eigenvalue weighted by Crippen LogP contribution is -2.06. The first kappa shape index (κ1) is 12.4. The van der Waals surface area contributed by atoms with Gasteiger partial charge in [-0.1, -0.05) is 6.07 Å². The molecular formula is C15H10N4O3. The number of nitrogens with two attached hydrogens (primary N) is 1. The maximum Gasteiger partial charge on any atom is 0.417 e. The molecule has 0 aliphatic rings. The molecule has 22 heavy (non-hydrogen) atoms. The Labute approximate surface area is 123 Å². The van der Waals surface area contributed by atoms with Crippen molar-refractivity contribution in [3.8, 4) is 11.1 Å². The molecule has 0 saturated carbocycles. The van der Waals surface area contributed by atoms with Gasteiger partial charge in [0, 0.05) is 23.3 Å². The van der Waals surface area contributed by atoms with Gasteiger partial charge < -0.3 is 15.3 Å². The molecule has 0 saturated heterocycles. The molecule has 7 heteroatoms. The van der Waals surface area contributed by atoms with Crippen LogP contribution in [0.5, 0.6) is 0 Å². The quantitative estimate of drug-likeness (QED) is 0.559. The number of hydrogen-bond acceptors (Lipinski definition) is 5. The minimum absolute atomic E-state index is 0.124. The Morgan fingerprint density at radius 1 is 1.23 bits per heavy atom. The second-order valence-electron chi connectivity index (χ2n) is 4.84. The summed E-state index contributed by atoms with van der Waals surface area (Å²) in [5, 5.41) is 9.82. The Morgan fingerprint density at radius 3 is 2.91 bits per heavy atom. The molecule has 3 heterocycles. The maximum atomic E-state index is 11.1. The van der Waals surface area contributed by atoms with Crippen LogP contribution >= 0.6 is 0 Å². The van der Waals surface area contributed by atoms with Gasteiger partial charge in [-0.15, -0.1) is 0 Å². The van der Waals surface area contributed by atoms with Gasteiger partial charge in [0.1, 0.15) is 11.2 Å². The van der Waals surface area contributed by atoms with Crippen molar-refractivity contribution in [3.05, 3.63) is 42.7 Å². The van der Waals surface area contributed by atoms with E-state index in [-0.39, 0.29) is 6.01 Å². The van der Waals surface area contributed by atoms with E-state index in [2.05, 4.69) is 9.97 Å². The molecular weight excluding hydrogens is 284 g/mol. The predicted octanol–water partition coefficient (Wildman–Crippen LogP) is 2.95. The predicted molar refractivity (Wildman–Crippen MR) is 80.6 cm³/mol. The van der Waals surface area contributed by atoms with Gasteiger partial charge in [-0.25, -0.2) is 14.3 Å². The summed E-state index contributed by atoms with van der Waals surface area (Å²) in [6, 6.07) is 9.25. The normalized spacial score (nSPS) is 11.3. The minimum Gasteiger partial charge on any atom is -0.464 e. The van der Waals surface area contributed by atoms with Gasteiger partial charge in [0.15, 0.2) is 5.58 Å². The Hall–Kier alpha value is -3.35. The summed E-state index contributed by atoms with van der Waals surface area (Å²) in [6.45, 7) is 0. The highest BCUT2D eigenvalue weighted by atomic mass is 16.4. The number of carboxylic acid groups (broad SMARTS) is 1. The average Bonchev–Trinajstić information content (AvgIpc) is 3.07. The van der Waals surface area contributed by atoms with Crippen molar-refractivity contribution in [1.82, 2.24) is 14.5 Å². The molecule has 0 fully saturated rings. The summed E-state index contributed by atoms with van der Waals surface area (Å²) in [5.74, 6) is 0. The molecule has 0 radical (unpaired) electrons. The van der Waals surface area contributed by atoms with Crippen LogP contribution in [0.25, 0.3) is 33.3 Å². The molecule has 0 spiro atoms. The fourth-order valence-electron chi connectivity index (χ4n) is 2.46. The highest BCUT2D eigenvalue weighted by Gasteiger charge is 2.10. The van der Waals surface area contributed by atoms with Crippen molar-refractivity contribution in [1.29, 1.82) is 0 Å². The smallest absolute Gasteiger partial charge is 0.417 e. The van der Waals surface area contributed by atoms with E-state index >= 15 is 0 Å².